The Hall–Kier alpha value is -2.88. The van der Waals surface area contributed by atoms with E-state index in [1.54, 1.807) is 18.2 Å². The van der Waals surface area contributed by atoms with Gasteiger partial charge in [0.1, 0.15) is 41.5 Å². The average Bonchev–Trinajstić information content (AvgIpc) is 3.31. The zero-order valence-corrected chi connectivity index (χ0v) is 18.0. The van der Waals surface area contributed by atoms with Crippen molar-refractivity contribution in [3.63, 3.8) is 0 Å². The van der Waals surface area contributed by atoms with Crippen LogP contribution in [-0.2, 0) is 25.1 Å². The molecular weight excluding hydrogens is 456 g/mol. The summed E-state index contributed by atoms with van der Waals surface area (Å²) in [4.78, 5) is 12.1. The molecule has 0 bridgehead atoms. The van der Waals surface area contributed by atoms with Gasteiger partial charge in [0.2, 0.25) is 10.0 Å². The Balaban J connectivity index is 1.28. The van der Waals surface area contributed by atoms with Crippen LogP contribution in [0.2, 0.25) is 0 Å². The number of epoxide rings is 1. The van der Waals surface area contributed by atoms with E-state index >= 15 is 0 Å². The lowest BCUT2D eigenvalue weighted by molar-refractivity contribution is -0.0330. The molecule has 0 spiro atoms. The fourth-order valence-corrected chi connectivity index (χ4v) is 5.47. The maximum absolute atomic E-state index is 12.7. The van der Waals surface area contributed by atoms with E-state index in [9.17, 15) is 23.7 Å². The Morgan fingerprint density at radius 2 is 1.97 bits per heavy atom. The summed E-state index contributed by atoms with van der Waals surface area (Å²) >= 11 is 0. The van der Waals surface area contributed by atoms with Gasteiger partial charge in [0.15, 0.2) is 17.7 Å². The number of nitrogens with one attached hydrogen (secondary N) is 1. The normalized spacial score (nSPS) is 29.5. The Kier molecular flexibility index (Phi) is 5.23. The molecule has 3 aromatic rings. The monoisotopic (exact) mass is 478 g/mol. The molecule has 13 nitrogen and oxygen atoms in total. The van der Waals surface area contributed by atoms with Crippen molar-refractivity contribution in [1.29, 1.82) is 0 Å². The van der Waals surface area contributed by atoms with Crippen LogP contribution in [0.4, 0.5) is 5.82 Å². The number of sulfonamides is 1. The summed E-state index contributed by atoms with van der Waals surface area (Å²) in [5, 5.41) is 31.0. The summed E-state index contributed by atoms with van der Waals surface area (Å²) in [6, 6.07) is 6.38. The van der Waals surface area contributed by atoms with Crippen LogP contribution in [0.5, 0.6) is 5.75 Å². The highest BCUT2D eigenvalue weighted by atomic mass is 32.2. The molecule has 2 fully saturated rings. The third kappa shape index (κ3) is 3.90. The standard InChI is InChI=1S/C19H22N6O7S/c20-16-13-17(22-8-21-16)25(9-23-13)18-15(28)14(27)12(32-18)5-24-33(29,30)7-19(6-31-19)10-3-1-2-4-11(10)26/h1-4,8-9,12,14-15,18,24,26-28H,5-7H2,(H2,20,21,22)/t12-,14+,15?,18-,19?/m1/s1. The Bertz CT molecular complexity index is 1290. The number of nitrogens with zero attached hydrogens (tertiary/aromatic N) is 4. The smallest absolute Gasteiger partial charge is 0.214 e. The van der Waals surface area contributed by atoms with Crippen molar-refractivity contribution in [2.24, 2.45) is 0 Å². The number of imidazole rings is 1. The zero-order chi connectivity index (χ0) is 23.4. The van der Waals surface area contributed by atoms with Gasteiger partial charge in [0, 0.05) is 12.1 Å². The quantitative estimate of drug-likeness (QED) is 0.250. The third-order valence-corrected chi connectivity index (χ3v) is 7.27. The molecule has 2 aliphatic heterocycles. The highest BCUT2D eigenvalue weighted by Crippen LogP contribution is 2.43. The van der Waals surface area contributed by atoms with Crippen molar-refractivity contribution < 1.29 is 33.2 Å². The van der Waals surface area contributed by atoms with Gasteiger partial charge < -0.3 is 30.5 Å². The molecule has 2 unspecified atom stereocenters. The molecular formula is C19H22N6O7S. The van der Waals surface area contributed by atoms with Crippen LogP contribution in [0, 0.1) is 0 Å². The van der Waals surface area contributed by atoms with E-state index in [-0.39, 0.29) is 24.7 Å². The van der Waals surface area contributed by atoms with Gasteiger partial charge in [-0.3, -0.25) is 4.57 Å². The number of anilines is 1. The molecule has 2 aromatic heterocycles. The van der Waals surface area contributed by atoms with E-state index in [1.807, 2.05) is 0 Å². The first kappa shape index (κ1) is 21.9. The molecule has 0 saturated carbocycles. The van der Waals surface area contributed by atoms with Crippen LogP contribution in [-0.4, -0.2) is 80.5 Å². The molecule has 0 aliphatic carbocycles. The first-order valence-electron chi connectivity index (χ1n) is 10.1. The SMILES string of the molecule is Nc1ncnc2c1ncn2[C@@H]1O[C@H](CNS(=O)(=O)CC2(c3ccccc3O)CO2)[C@H](O)C1O. The number of fused-ring (bicyclic) bond motifs is 1. The van der Waals surface area contributed by atoms with Crippen LogP contribution in [0.3, 0.4) is 0 Å². The van der Waals surface area contributed by atoms with Crippen LogP contribution < -0.4 is 10.5 Å². The number of nitrogens with two attached hydrogens (primary N) is 1. The molecule has 4 heterocycles. The maximum atomic E-state index is 12.7. The number of phenols is 1. The minimum Gasteiger partial charge on any atom is -0.508 e. The number of benzene rings is 1. The van der Waals surface area contributed by atoms with Gasteiger partial charge in [-0.15, -0.1) is 0 Å². The molecule has 0 amide bonds. The van der Waals surface area contributed by atoms with Crippen LogP contribution in [0.1, 0.15) is 11.8 Å². The highest BCUT2D eigenvalue weighted by molar-refractivity contribution is 7.89. The van der Waals surface area contributed by atoms with Gasteiger partial charge in [-0.25, -0.2) is 28.1 Å². The van der Waals surface area contributed by atoms with E-state index in [1.165, 1.54) is 23.3 Å². The summed E-state index contributed by atoms with van der Waals surface area (Å²) in [6.45, 7) is -0.148. The number of aromatic hydroxyl groups is 1. The predicted octanol–water partition coefficient (Wildman–Crippen LogP) is -1.42. The van der Waals surface area contributed by atoms with Gasteiger partial charge in [-0.1, -0.05) is 18.2 Å². The minimum absolute atomic E-state index is 0.0530. The van der Waals surface area contributed by atoms with E-state index < -0.39 is 45.9 Å². The summed E-state index contributed by atoms with van der Waals surface area (Å²) in [7, 11) is -3.90. The van der Waals surface area contributed by atoms with Crippen molar-refractivity contribution in [1.82, 2.24) is 24.2 Å². The van der Waals surface area contributed by atoms with Crippen molar-refractivity contribution in [3.8, 4) is 5.75 Å². The fourth-order valence-electron chi connectivity index (χ4n) is 4.01. The Labute approximate surface area is 187 Å². The van der Waals surface area contributed by atoms with E-state index in [4.69, 9.17) is 15.2 Å². The van der Waals surface area contributed by atoms with Crippen molar-refractivity contribution in [2.45, 2.75) is 30.1 Å². The van der Waals surface area contributed by atoms with Gasteiger partial charge in [0.25, 0.3) is 0 Å². The number of aliphatic hydroxyl groups excluding tert-OH is 2. The van der Waals surface area contributed by atoms with Crippen LogP contribution >= 0.6 is 0 Å². The lowest BCUT2D eigenvalue weighted by Gasteiger charge is -2.18. The van der Waals surface area contributed by atoms with E-state index in [0.29, 0.717) is 16.7 Å². The molecule has 176 valence electrons. The lowest BCUT2D eigenvalue weighted by atomic mass is 10.0. The first-order chi connectivity index (χ1) is 15.7. The number of aliphatic hydroxyl groups is 2. The highest BCUT2D eigenvalue weighted by Gasteiger charge is 2.52. The van der Waals surface area contributed by atoms with Crippen molar-refractivity contribution >= 4 is 27.0 Å². The number of aromatic nitrogens is 4. The summed E-state index contributed by atoms with van der Waals surface area (Å²) in [5.41, 5.74) is 5.64. The molecule has 14 heteroatoms. The molecule has 2 saturated heterocycles. The molecule has 1 aromatic carbocycles. The summed E-state index contributed by atoms with van der Waals surface area (Å²) < 4.78 is 40.4. The van der Waals surface area contributed by atoms with Crippen molar-refractivity contribution in [2.75, 3.05) is 24.6 Å². The second kappa shape index (κ2) is 7.86. The molecule has 5 rings (SSSR count). The van der Waals surface area contributed by atoms with Gasteiger partial charge in [-0.05, 0) is 6.07 Å². The molecule has 5 atom stereocenters. The van der Waals surface area contributed by atoms with Crippen LogP contribution in [0.15, 0.2) is 36.9 Å². The minimum atomic E-state index is -3.90. The number of hydrogen-bond acceptors (Lipinski definition) is 11. The number of hydrogen-bond donors (Lipinski definition) is 5. The Morgan fingerprint density at radius 3 is 2.70 bits per heavy atom. The summed E-state index contributed by atoms with van der Waals surface area (Å²) in [6.07, 6.45) is -2.26. The summed E-state index contributed by atoms with van der Waals surface area (Å²) in [5.74, 6) is -0.325. The number of ether oxygens (including phenoxy) is 2. The number of rotatable bonds is 7. The molecule has 2 aliphatic rings. The van der Waals surface area contributed by atoms with E-state index in [0.717, 1.165) is 0 Å². The molecule has 0 radical (unpaired) electrons. The van der Waals surface area contributed by atoms with Gasteiger partial charge in [-0.2, -0.15) is 0 Å². The molecule has 6 N–H and O–H groups in total. The van der Waals surface area contributed by atoms with Crippen LogP contribution in [0.25, 0.3) is 11.2 Å². The van der Waals surface area contributed by atoms with Gasteiger partial charge in [0.05, 0.1) is 18.7 Å². The lowest BCUT2D eigenvalue weighted by Crippen LogP contribution is -2.42. The number of nitrogen functional groups attached to an aromatic ring is 1. The third-order valence-electron chi connectivity index (χ3n) is 5.81. The first-order valence-corrected chi connectivity index (χ1v) is 11.7. The Morgan fingerprint density at radius 1 is 1.21 bits per heavy atom. The zero-order valence-electron chi connectivity index (χ0n) is 17.1. The topological polar surface area (TPSA) is 198 Å². The van der Waals surface area contributed by atoms with Gasteiger partial charge >= 0.3 is 0 Å². The van der Waals surface area contributed by atoms with Crippen molar-refractivity contribution in [3.05, 3.63) is 42.5 Å². The fraction of sp³-hybridized carbons (Fsp3) is 0.421. The average molecular weight is 478 g/mol. The predicted molar refractivity (Wildman–Crippen MR) is 113 cm³/mol. The second-order valence-electron chi connectivity index (χ2n) is 8.04. The van der Waals surface area contributed by atoms with E-state index in [2.05, 4.69) is 19.7 Å². The maximum Gasteiger partial charge on any atom is 0.214 e. The second-order valence-corrected chi connectivity index (χ2v) is 9.84. The number of para-hydroxylation sites is 1. The molecule has 33 heavy (non-hydrogen) atoms. The largest absolute Gasteiger partial charge is 0.508 e. The number of phenolic OH excluding ortho intramolecular Hbond substituents is 1.